The molecule has 0 bridgehead atoms. The van der Waals surface area contributed by atoms with E-state index in [0.29, 0.717) is 12.1 Å². The summed E-state index contributed by atoms with van der Waals surface area (Å²) in [4.78, 5) is 0. The second-order valence-corrected chi connectivity index (χ2v) is 5.47. The van der Waals surface area contributed by atoms with Crippen molar-refractivity contribution in [2.75, 3.05) is 19.8 Å². The minimum absolute atomic E-state index is 0.196. The summed E-state index contributed by atoms with van der Waals surface area (Å²) in [6.07, 6.45) is 3.56. The third kappa shape index (κ3) is 4.49. The van der Waals surface area contributed by atoms with Crippen LogP contribution in [-0.2, 0) is 4.74 Å². The van der Waals surface area contributed by atoms with Crippen molar-refractivity contribution in [1.82, 2.24) is 5.32 Å². The molecule has 2 N–H and O–H groups in total. The van der Waals surface area contributed by atoms with Crippen LogP contribution in [-0.4, -0.2) is 37.0 Å². The highest BCUT2D eigenvalue weighted by Gasteiger charge is 2.25. The maximum absolute atomic E-state index is 9.02. The van der Waals surface area contributed by atoms with E-state index < -0.39 is 0 Å². The molecule has 3 nitrogen and oxygen atoms in total. The van der Waals surface area contributed by atoms with E-state index in [-0.39, 0.29) is 12.0 Å². The first-order valence-electron chi connectivity index (χ1n) is 6.00. The van der Waals surface area contributed by atoms with E-state index in [1.807, 2.05) is 0 Å². The van der Waals surface area contributed by atoms with E-state index in [1.165, 1.54) is 12.8 Å². The van der Waals surface area contributed by atoms with Gasteiger partial charge in [0, 0.05) is 25.8 Å². The van der Waals surface area contributed by atoms with Crippen molar-refractivity contribution >= 4 is 0 Å². The molecule has 1 saturated heterocycles. The quantitative estimate of drug-likeness (QED) is 0.731. The Morgan fingerprint density at radius 1 is 1.47 bits per heavy atom. The van der Waals surface area contributed by atoms with Gasteiger partial charge in [-0.3, -0.25) is 0 Å². The molecule has 1 aliphatic heterocycles. The standard InChI is InChI=1S/C12H25NO2/c1-12(2,3)11(6-7-14)13-9-10-5-4-8-15-10/h10-11,13-14H,4-9H2,1-3H3. The fourth-order valence-corrected chi connectivity index (χ4v) is 2.05. The SMILES string of the molecule is CC(C)(C)C(CCO)NCC1CCCO1. The highest BCUT2D eigenvalue weighted by molar-refractivity contribution is 4.82. The van der Waals surface area contributed by atoms with Crippen molar-refractivity contribution in [3.05, 3.63) is 0 Å². The van der Waals surface area contributed by atoms with E-state index in [1.54, 1.807) is 0 Å². The fourth-order valence-electron chi connectivity index (χ4n) is 2.05. The molecule has 90 valence electrons. The van der Waals surface area contributed by atoms with Gasteiger partial charge in [-0.1, -0.05) is 20.8 Å². The molecule has 0 amide bonds. The van der Waals surface area contributed by atoms with Crippen molar-refractivity contribution in [1.29, 1.82) is 0 Å². The van der Waals surface area contributed by atoms with E-state index in [2.05, 4.69) is 26.1 Å². The highest BCUT2D eigenvalue weighted by atomic mass is 16.5. The van der Waals surface area contributed by atoms with Crippen LogP contribution in [0.25, 0.3) is 0 Å². The van der Waals surface area contributed by atoms with Gasteiger partial charge in [0.05, 0.1) is 6.10 Å². The van der Waals surface area contributed by atoms with Crippen molar-refractivity contribution in [2.24, 2.45) is 5.41 Å². The molecule has 1 rings (SSSR count). The molecule has 2 unspecified atom stereocenters. The fraction of sp³-hybridized carbons (Fsp3) is 1.00. The lowest BCUT2D eigenvalue weighted by molar-refractivity contribution is 0.0975. The molecule has 1 fully saturated rings. The zero-order chi connectivity index (χ0) is 11.3. The van der Waals surface area contributed by atoms with Crippen molar-refractivity contribution in [2.45, 2.75) is 52.2 Å². The van der Waals surface area contributed by atoms with Gasteiger partial charge in [0.15, 0.2) is 0 Å². The molecule has 1 heterocycles. The summed E-state index contributed by atoms with van der Waals surface area (Å²) in [5.74, 6) is 0. The Hall–Kier alpha value is -0.120. The molecule has 0 aliphatic carbocycles. The number of aliphatic hydroxyl groups excluding tert-OH is 1. The van der Waals surface area contributed by atoms with Gasteiger partial charge in [-0.25, -0.2) is 0 Å². The zero-order valence-electron chi connectivity index (χ0n) is 10.3. The third-order valence-electron chi connectivity index (χ3n) is 3.08. The van der Waals surface area contributed by atoms with Crippen LogP contribution in [0.2, 0.25) is 0 Å². The van der Waals surface area contributed by atoms with Crippen LogP contribution in [0.5, 0.6) is 0 Å². The van der Waals surface area contributed by atoms with Gasteiger partial charge in [-0.15, -0.1) is 0 Å². The Morgan fingerprint density at radius 3 is 2.67 bits per heavy atom. The highest BCUT2D eigenvalue weighted by Crippen LogP contribution is 2.22. The average Bonchev–Trinajstić information content (AvgIpc) is 2.62. The van der Waals surface area contributed by atoms with Gasteiger partial charge in [0.25, 0.3) is 0 Å². The van der Waals surface area contributed by atoms with Crippen LogP contribution in [0.4, 0.5) is 0 Å². The number of aliphatic hydroxyl groups is 1. The molecule has 3 heteroatoms. The predicted octanol–water partition coefficient (Wildman–Crippen LogP) is 1.55. The van der Waals surface area contributed by atoms with Gasteiger partial charge in [0.2, 0.25) is 0 Å². The van der Waals surface area contributed by atoms with E-state index in [4.69, 9.17) is 9.84 Å². The minimum Gasteiger partial charge on any atom is -0.396 e. The van der Waals surface area contributed by atoms with E-state index in [0.717, 1.165) is 19.6 Å². The zero-order valence-corrected chi connectivity index (χ0v) is 10.3. The van der Waals surface area contributed by atoms with Crippen LogP contribution in [0, 0.1) is 5.41 Å². The number of nitrogens with one attached hydrogen (secondary N) is 1. The topological polar surface area (TPSA) is 41.5 Å². The summed E-state index contributed by atoms with van der Waals surface area (Å²) in [5, 5.41) is 12.5. The van der Waals surface area contributed by atoms with Crippen LogP contribution < -0.4 is 5.32 Å². The predicted molar refractivity (Wildman–Crippen MR) is 61.9 cm³/mol. The first kappa shape index (κ1) is 12.9. The molecule has 2 atom stereocenters. The summed E-state index contributed by atoms with van der Waals surface area (Å²) < 4.78 is 5.57. The van der Waals surface area contributed by atoms with E-state index >= 15 is 0 Å². The Bertz CT molecular complexity index is 171. The van der Waals surface area contributed by atoms with Crippen LogP contribution in [0.1, 0.15) is 40.0 Å². The molecular weight excluding hydrogens is 190 g/mol. The van der Waals surface area contributed by atoms with Gasteiger partial charge >= 0.3 is 0 Å². The Labute approximate surface area is 93.2 Å². The first-order chi connectivity index (χ1) is 7.04. The van der Waals surface area contributed by atoms with Crippen molar-refractivity contribution < 1.29 is 9.84 Å². The van der Waals surface area contributed by atoms with Gasteiger partial charge in [-0.2, -0.15) is 0 Å². The van der Waals surface area contributed by atoms with Gasteiger partial charge in [0.1, 0.15) is 0 Å². The van der Waals surface area contributed by atoms with Crippen molar-refractivity contribution in [3.8, 4) is 0 Å². The number of hydrogen-bond donors (Lipinski definition) is 2. The van der Waals surface area contributed by atoms with Crippen LogP contribution >= 0.6 is 0 Å². The summed E-state index contributed by atoms with van der Waals surface area (Å²) in [6, 6.07) is 0.367. The maximum atomic E-state index is 9.02. The number of rotatable bonds is 5. The normalized spacial score (nSPS) is 24.4. The van der Waals surface area contributed by atoms with Crippen LogP contribution in [0.3, 0.4) is 0 Å². The van der Waals surface area contributed by atoms with Crippen molar-refractivity contribution in [3.63, 3.8) is 0 Å². The lowest BCUT2D eigenvalue weighted by Crippen LogP contribution is -2.44. The third-order valence-corrected chi connectivity index (χ3v) is 3.08. The largest absolute Gasteiger partial charge is 0.396 e. The molecule has 1 aliphatic rings. The first-order valence-corrected chi connectivity index (χ1v) is 6.00. The summed E-state index contributed by atoms with van der Waals surface area (Å²) in [5.41, 5.74) is 0.196. The summed E-state index contributed by atoms with van der Waals surface area (Å²) in [7, 11) is 0. The molecule has 0 aromatic carbocycles. The lowest BCUT2D eigenvalue weighted by atomic mass is 9.85. The molecule has 15 heavy (non-hydrogen) atoms. The molecule has 0 radical (unpaired) electrons. The number of ether oxygens (including phenoxy) is 1. The molecule has 0 aromatic heterocycles. The lowest BCUT2D eigenvalue weighted by Gasteiger charge is -2.32. The number of hydrogen-bond acceptors (Lipinski definition) is 3. The smallest absolute Gasteiger partial charge is 0.0700 e. The monoisotopic (exact) mass is 215 g/mol. The molecular formula is C12H25NO2. The molecule has 0 spiro atoms. The molecule has 0 saturated carbocycles. The second kappa shape index (κ2) is 5.83. The van der Waals surface area contributed by atoms with Gasteiger partial charge in [-0.05, 0) is 24.7 Å². The van der Waals surface area contributed by atoms with Gasteiger partial charge < -0.3 is 15.2 Å². The Morgan fingerprint density at radius 2 is 2.20 bits per heavy atom. The summed E-state index contributed by atoms with van der Waals surface area (Å²) in [6.45, 7) is 8.69. The molecule has 0 aromatic rings. The maximum Gasteiger partial charge on any atom is 0.0700 e. The second-order valence-electron chi connectivity index (χ2n) is 5.47. The minimum atomic E-state index is 0.196. The Balaban J connectivity index is 2.30. The van der Waals surface area contributed by atoms with Crippen LogP contribution in [0.15, 0.2) is 0 Å². The van der Waals surface area contributed by atoms with E-state index in [9.17, 15) is 0 Å². The Kier molecular flexibility index (Phi) is 5.03. The average molecular weight is 215 g/mol. The summed E-state index contributed by atoms with van der Waals surface area (Å²) >= 11 is 0.